The van der Waals surface area contributed by atoms with Gasteiger partial charge in [0.2, 0.25) is 0 Å². The van der Waals surface area contributed by atoms with Gasteiger partial charge in [0.1, 0.15) is 0 Å². The number of hydrogen-bond acceptors (Lipinski definition) is 4. The first kappa shape index (κ1) is 15.1. The average molecular weight is 289 g/mol. The Morgan fingerprint density at radius 2 is 1.75 bits per heavy atom. The van der Waals surface area contributed by atoms with Crippen LogP contribution in [-0.2, 0) is 11.8 Å². The third kappa shape index (κ3) is 3.64. The van der Waals surface area contributed by atoms with Gasteiger partial charge < -0.3 is 5.73 Å². The lowest BCUT2D eigenvalue weighted by atomic mass is 9.93. The summed E-state index contributed by atoms with van der Waals surface area (Å²) in [7, 11) is 0. The van der Waals surface area contributed by atoms with E-state index in [1.165, 1.54) is 0 Å². The Kier molecular flexibility index (Phi) is 4.25. The zero-order valence-corrected chi connectivity index (χ0v) is 13.7. The molecular formula is C16H23N3S. The van der Waals surface area contributed by atoms with Gasteiger partial charge in [-0.3, -0.25) is 4.98 Å². The van der Waals surface area contributed by atoms with Gasteiger partial charge >= 0.3 is 0 Å². The van der Waals surface area contributed by atoms with E-state index < -0.39 is 0 Å². The number of aromatic nitrogens is 2. The lowest BCUT2D eigenvalue weighted by Crippen LogP contribution is -2.15. The Bertz CT molecular complexity index is 576. The van der Waals surface area contributed by atoms with E-state index in [9.17, 15) is 0 Å². The minimum Gasteiger partial charge on any atom is -0.324 e. The molecular weight excluding hydrogens is 266 g/mol. The minimum absolute atomic E-state index is 0.0191. The fourth-order valence-corrected chi connectivity index (χ4v) is 3.22. The molecule has 0 bridgehead atoms. The molecule has 0 spiro atoms. The quantitative estimate of drug-likeness (QED) is 0.937. The Hall–Kier alpha value is -1.26. The van der Waals surface area contributed by atoms with Crippen LogP contribution in [0, 0.1) is 13.8 Å². The van der Waals surface area contributed by atoms with E-state index >= 15 is 0 Å². The number of nitrogens with two attached hydrogens (primary N) is 1. The van der Waals surface area contributed by atoms with E-state index in [0.717, 1.165) is 34.1 Å². The molecule has 2 N–H and O–H groups in total. The van der Waals surface area contributed by atoms with E-state index in [0.29, 0.717) is 0 Å². The molecule has 0 aliphatic rings. The maximum absolute atomic E-state index is 6.32. The summed E-state index contributed by atoms with van der Waals surface area (Å²) in [4.78, 5) is 9.11. The van der Waals surface area contributed by atoms with E-state index in [1.54, 1.807) is 11.3 Å². The SMILES string of the molecule is Cc1cc(C(N)Cc2nc(C(C)(C)C)cs2)cc(C)n1. The van der Waals surface area contributed by atoms with Gasteiger partial charge in [-0.2, -0.15) is 0 Å². The maximum atomic E-state index is 6.32. The van der Waals surface area contributed by atoms with E-state index in [1.807, 2.05) is 13.8 Å². The lowest BCUT2D eigenvalue weighted by molar-refractivity contribution is 0.569. The summed E-state index contributed by atoms with van der Waals surface area (Å²) in [6, 6.07) is 4.11. The van der Waals surface area contributed by atoms with Gasteiger partial charge in [-0.15, -0.1) is 11.3 Å². The first-order chi connectivity index (χ1) is 9.25. The van der Waals surface area contributed by atoms with Crippen LogP contribution in [0.25, 0.3) is 0 Å². The summed E-state index contributed by atoms with van der Waals surface area (Å²) in [6.45, 7) is 10.6. The molecule has 0 aliphatic carbocycles. The molecule has 3 nitrogen and oxygen atoms in total. The molecule has 20 heavy (non-hydrogen) atoms. The molecule has 4 heteroatoms. The number of aryl methyl sites for hydroxylation is 2. The molecule has 0 aliphatic heterocycles. The zero-order chi connectivity index (χ0) is 14.9. The number of pyridine rings is 1. The van der Waals surface area contributed by atoms with Gasteiger partial charge in [0.25, 0.3) is 0 Å². The summed E-state index contributed by atoms with van der Waals surface area (Å²) in [5.74, 6) is 0. The second-order valence-corrected chi connectivity index (χ2v) is 7.31. The highest BCUT2D eigenvalue weighted by molar-refractivity contribution is 7.09. The Morgan fingerprint density at radius 3 is 2.25 bits per heavy atom. The second kappa shape index (κ2) is 5.62. The normalized spacial score (nSPS) is 13.5. The molecule has 1 atom stereocenters. The van der Waals surface area contributed by atoms with E-state index in [2.05, 4.69) is 43.3 Å². The van der Waals surface area contributed by atoms with Crippen LogP contribution in [0.15, 0.2) is 17.5 Å². The monoisotopic (exact) mass is 289 g/mol. The average Bonchev–Trinajstić information content (AvgIpc) is 2.75. The van der Waals surface area contributed by atoms with Crippen molar-refractivity contribution in [3.63, 3.8) is 0 Å². The highest BCUT2D eigenvalue weighted by Crippen LogP contribution is 2.26. The predicted molar refractivity (Wildman–Crippen MR) is 85.2 cm³/mol. The van der Waals surface area contributed by atoms with Crippen LogP contribution in [0.3, 0.4) is 0 Å². The van der Waals surface area contributed by atoms with Crippen molar-refractivity contribution in [2.45, 2.75) is 52.5 Å². The molecule has 0 saturated heterocycles. The van der Waals surface area contributed by atoms with Crippen molar-refractivity contribution < 1.29 is 0 Å². The van der Waals surface area contributed by atoms with E-state index in [-0.39, 0.29) is 11.5 Å². The molecule has 2 rings (SSSR count). The van der Waals surface area contributed by atoms with Crippen molar-refractivity contribution in [1.82, 2.24) is 9.97 Å². The summed E-state index contributed by atoms with van der Waals surface area (Å²) >= 11 is 1.70. The van der Waals surface area contributed by atoms with Crippen molar-refractivity contribution in [1.29, 1.82) is 0 Å². The van der Waals surface area contributed by atoms with E-state index in [4.69, 9.17) is 10.7 Å². The van der Waals surface area contributed by atoms with Gasteiger partial charge in [-0.1, -0.05) is 20.8 Å². The Labute approximate surface area is 125 Å². The molecule has 0 saturated carbocycles. The topological polar surface area (TPSA) is 51.8 Å². The minimum atomic E-state index is -0.0191. The lowest BCUT2D eigenvalue weighted by Gasteiger charge is -2.15. The molecule has 2 heterocycles. The van der Waals surface area contributed by atoms with Crippen LogP contribution < -0.4 is 5.73 Å². The highest BCUT2D eigenvalue weighted by atomic mass is 32.1. The van der Waals surface area contributed by atoms with Crippen LogP contribution in [0.5, 0.6) is 0 Å². The summed E-state index contributed by atoms with van der Waals surface area (Å²) in [5, 5.41) is 3.25. The number of rotatable bonds is 3. The van der Waals surface area contributed by atoms with Crippen molar-refractivity contribution in [3.8, 4) is 0 Å². The molecule has 0 fully saturated rings. The third-order valence-electron chi connectivity index (χ3n) is 3.25. The standard InChI is InChI=1S/C16H23N3S/c1-10-6-12(7-11(2)18-10)13(17)8-15-19-14(9-20-15)16(3,4)5/h6-7,9,13H,8,17H2,1-5H3. The fourth-order valence-electron chi connectivity index (χ4n) is 2.14. The van der Waals surface area contributed by atoms with Gasteiger partial charge in [-0.25, -0.2) is 4.98 Å². The molecule has 2 aromatic rings. The second-order valence-electron chi connectivity index (χ2n) is 6.37. The largest absolute Gasteiger partial charge is 0.324 e. The maximum Gasteiger partial charge on any atom is 0.0947 e. The van der Waals surface area contributed by atoms with Gasteiger partial charge in [0.15, 0.2) is 0 Å². The predicted octanol–water partition coefficient (Wildman–Crippen LogP) is 3.69. The Balaban J connectivity index is 2.15. The van der Waals surface area contributed by atoms with Gasteiger partial charge in [-0.05, 0) is 31.5 Å². The molecule has 0 amide bonds. The smallest absolute Gasteiger partial charge is 0.0947 e. The summed E-state index contributed by atoms with van der Waals surface area (Å²) in [6.07, 6.45) is 0.781. The van der Waals surface area contributed by atoms with Crippen LogP contribution in [0.4, 0.5) is 0 Å². The molecule has 0 aromatic carbocycles. The van der Waals surface area contributed by atoms with Crippen LogP contribution in [-0.4, -0.2) is 9.97 Å². The molecule has 1 unspecified atom stereocenters. The first-order valence-electron chi connectivity index (χ1n) is 6.91. The number of hydrogen-bond donors (Lipinski definition) is 1. The van der Waals surface area contributed by atoms with Crippen LogP contribution in [0.2, 0.25) is 0 Å². The third-order valence-corrected chi connectivity index (χ3v) is 4.12. The van der Waals surface area contributed by atoms with Gasteiger partial charge in [0.05, 0.1) is 10.7 Å². The molecule has 0 radical (unpaired) electrons. The number of nitrogens with zero attached hydrogens (tertiary/aromatic N) is 2. The van der Waals surface area contributed by atoms with Crippen molar-refractivity contribution >= 4 is 11.3 Å². The van der Waals surface area contributed by atoms with Crippen LogP contribution in [0.1, 0.15) is 54.5 Å². The first-order valence-corrected chi connectivity index (χ1v) is 7.79. The van der Waals surface area contributed by atoms with Crippen molar-refractivity contribution in [2.24, 2.45) is 5.73 Å². The summed E-state index contributed by atoms with van der Waals surface area (Å²) < 4.78 is 0. The molecule has 108 valence electrons. The number of thiazole rings is 1. The van der Waals surface area contributed by atoms with Crippen molar-refractivity contribution in [3.05, 3.63) is 45.2 Å². The highest BCUT2D eigenvalue weighted by Gasteiger charge is 2.18. The molecule has 2 aromatic heterocycles. The Morgan fingerprint density at radius 1 is 1.15 bits per heavy atom. The van der Waals surface area contributed by atoms with Crippen LogP contribution >= 0.6 is 11.3 Å². The fraction of sp³-hybridized carbons (Fsp3) is 0.500. The zero-order valence-electron chi connectivity index (χ0n) is 12.9. The van der Waals surface area contributed by atoms with Gasteiger partial charge in [0, 0.05) is 34.6 Å². The summed E-state index contributed by atoms with van der Waals surface area (Å²) in [5.41, 5.74) is 10.7. The van der Waals surface area contributed by atoms with Crippen molar-refractivity contribution in [2.75, 3.05) is 0 Å².